The number of hydrogen-bond donors (Lipinski definition) is 0. The van der Waals surface area contributed by atoms with Gasteiger partial charge in [-0.15, -0.1) is 0 Å². The third-order valence-corrected chi connectivity index (χ3v) is 6.23. The van der Waals surface area contributed by atoms with Crippen LogP contribution in [0.1, 0.15) is 24.8 Å². The molecule has 2 aliphatic heterocycles. The van der Waals surface area contributed by atoms with Crippen LogP contribution in [0.25, 0.3) is 0 Å². The Balaban J connectivity index is 1.10. The number of anilines is 1. The van der Waals surface area contributed by atoms with Crippen molar-refractivity contribution in [1.82, 2.24) is 19.8 Å². The standard InChI is InChI=1S/C23H33N5/c1-2-6-21(7-3-1)20-22-8-14-26(15-9-22)12-5-13-27-16-18-28(19-17-27)23-24-10-4-11-25-23/h1-4,6-7,10-11,22H,5,8-9,12-20H2. The van der Waals surface area contributed by atoms with Crippen molar-refractivity contribution in [3.8, 4) is 0 Å². The van der Waals surface area contributed by atoms with Gasteiger partial charge in [-0.1, -0.05) is 30.3 Å². The van der Waals surface area contributed by atoms with Crippen LogP contribution in [0, 0.1) is 5.92 Å². The molecule has 0 radical (unpaired) electrons. The lowest BCUT2D eigenvalue weighted by Gasteiger charge is -2.36. The summed E-state index contributed by atoms with van der Waals surface area (Å²) < 4.78 is 0. The molecule has 2 fully saturated rings. The molecule has 0 N–H and O–H groups in total. The monoisotopic (exact) mass is 379 g/mol. The predicted octanol–water partition coefficient (Wildman–Crippen LogP) is 2.94. The summed E-state index contributed by atoms with van der Waals surface area (Å²) in [5.41, 5.74) is 1.50. The normalized spacial score (nSPS) is 19.8. The molecular formula is C23H33N5. The zero-order valence-electron chi connectivity index (χ0n) is 16.9. The molecule has 0 amide bonds. The van der Waals surface area contributed by atoms with E-state index >= 15 is 0 Å². The Morgan fingerprint density at radius 1 is 0.750 bits per heavy atom. The van der Waals surface area contributed by atoms with Gasteiger partial charge in [0.1, 0.15) is 0 Å². The fourth-order valence-electron chi connectivity index (χ4n) is 4.51. The van der Waals surface area contributed by atoms with E-state index in [4.69, 9.17) is 0 Å². The van der Waals surface area contributed by atoms with Crippen LogP contribution in [-0.2, 0) is 6.42 Å². The molecule has 0 spiro atoms. The minimum absolute atomic E-state index is 0.868. The van der Waals surface area contributed by atoms with Crippen molar-refractivity contribution in [2.75, 3.05) is 57.3 Å². The van der Waals surface area contributed by atoms with Crippen molar-refractivity contribution in [2.45, 2.75) is 25.7 Å². The van der Waals surface area contributed by atoms with Crippen molar-refractivity contribution in [3.63, 3.8) is 0 Å². The van der Waals surface area contributed by atoms with Crippen LogP contribution in [0.5, 0.6) is 0 Å². The fraction of sp³-hybridized carbons (Fsp3) is 0.565. The first-order valence-electron chi connectivity index (χ1n) is 10.9. The van der Waals surface area contributed by atoms with Crippen LogP contribution in [0.3, 0.4) is 0 Å². The van der Waals surface area contributed by atoms with E-state index in [0.29, 0.717) is 0 Å². The topological polar surface area (TPSA) is 35.5 Å². The molecule has 2 aliphatic rings. The number of rotatable bonds is 7. The summed E-state index contributed by atoms with van der Waals surface area (Å²) in [7, 11) is 0. The van der Waals surface area contributed by atoms with Crippen molar-refractivity contribution >= 4 is 5.95 Å². The van der Waals surface area contributed by atoms with E-state index in [0.717, 1.165) is 38.0 Å². The van der Waals surface area contributed by atoms with Crippen molar-refractivity contribution in [3.05, 3.63) is 54.4 Å². The average Bonchev–Trinajstić information content (AvgIpc) is 2.77. The first-order valence-corrected chi connectivity index (χ1v) is 10.9. The quantitative estimate of drug-likeness (QED) is 0.739. The number of benzene rings is 1. The molecule has 150 valence electrons. The zero-order chi connectivity index (χ0) is 19.0. The summed E-state index contributed by atoms with van der Waals surface area (Å²) >= 11 is 0. The highest BCUT2D eigenvalue weighted by Crippen LogP contribution is 2.21. The largest absolute Gasteiger partial charge is 0.338 e. The van der Waals surface area contributed by atoms with E-state index in [1.807, 2.05) is 18.5 Å². The number of aromatic nitrogens is 2. The minimum Gasteiger partial charge on any atom is -0.338 e. The van der Waals surface area contributed by atoms with Gasteiger partial charge in [0.25, 0.3) is 0 Å². The molecule has 5 heteroatoms. The Kier molecular flexibility index (Phi) is 6.90. The fourth-order valence-corrected chi connectivity index (χ4v) is 4.51. The van der Waals surface area contributed by atoms with Crippen LogP contribution in [0.2, 0.25) is 0 Å². The maximum atomic E-state index is 4.37. The molecule has 5 nitrogen and oxygen atoms in total. The number of piperidine rings is 1. The van der Waals surface area contributed by atoms with Gasteiger partial charge in [0.05, 0.1) is 0 Å². The SMILES string of the molecule is c1ccc(CC2CCN(CCCN3CCN(c4ncccn4)CC3)CC2)cc1. The second-order valence-corrected chi connectivity index (χ2v) is 8.21. The van der Waals surface area contributed by atoms with Crippen LogP contribution < -0.4 is 4.90 Å². The molecule has 28 heavy (non-hydrogen) atoms. The average molecular weight is 380 g/mol. The van der Waals surface area contributed by atoms with Crippen LogP contribution >= 0.6 is 0 Å². The lowest BCUT2D eigenvalue weighted by Crippen LogP contribution is -2.47. The van der Waals surface area contributed by atoms with Crippen molar-refractivity contribution in [2.24, 2.45) is 5.92 Å². The van der Waals surface area contributed by atoms with Gasteiger partial charge in [-0.2, -0.15) is 0 Å². The Morgan fingerprint density at radius 3 is 2.07 bits per heavy atom. The van der Waals surface area contributed by atoms with Crippen LogP contribution in [0.15, 0.2) is 48.8 Å². The number of piperazine rings is 1. The Morgan fingerprint density at radius 2 is 1.39 bits per heavy atom. The number of nitrogens with zero attached hydrogens (tertiary/aromatic N) is 5. The summed E-state index contributed by atoms with van der Waals surface area (Å²) in [4.78, 5) is 16.3. The van der Waals surface area contributed by atoms with E-state index in [9.17, 15) is 0 Å². The van der Waals surface area contributed by atoms with Gasteiger partial charge in [0.15, 0.2) is 0 Å². The molecule has 0 aliphatic carbocycles. The van der Waals surface area contributed by atoms with Crippen molar-refractivity contribution in [1.29, 1.82) is 0 Å². The highest BCUT2D eigenvalue weighted by molar-refractivity contribution is 5.29. The lowest BCUT2D eigenvalue weighted by molar-refractivity contribution is 0.168. The second kappa shape index (κ2) is 9.99. The van der Waals surface area contributed by atoms with Gasteiger partial charge in [-0.05, 0) is 69.4 Å². The highest BCUT2D eigenvalue weighted by Gasteiger charge is 2.21. The van der Waals surface area contributed by atoms with Gasteiger partial charge in [0, 0.05) is 38.6 Å². The summed E-state index contributed by atoms with van der Waals surface area (Å²) in [5, 5.41) is 0. The van der Waals surface area contributed by atoms with Gasteiger partial charge < -0.3 is 9.80 Å². The molecule has 0 unspecified atom stereocenters. The smallest absolute Gasteiger partial charge is 0.225 e. The van der Waals surface area contributed by atoms with Gasteiger partial charge >= 0.3 is 0 Å². The third kappa shape index (κ3) is 5.52. The maximum absolute atomic E-state index is 4.37. The van der Waals surface area contributed by atoms with Crippen LogP contribution in [0.4, 0.5) is 5.95 Å². The maximum Gasteiger partial charge on any atom is 0.225 e. The molecule has 4 rings (SSSR count). The van der Waals surface area contributed by atoms with Crippen molar-refractivity contribution < 1.29 is 0 Å². The molecule has 0 atom stereocenters. The van der Waals surface area contributed by atoms with E-state index in [-0.39, 0.29) is 0 Å². The lowest BCUT2D eigenvalue weighted by atomic mass is 9.90. The summed E-state index contributed by atoms with van der Waals surface area (Å²) in [5.74, 6) is 1.74. The molecule has 2 saturated heterocycles. The zero-order valence-corrected chi connectivity index (χ0v) is 16.9. The van der Waals surface area contributed by atoms with Gasteiger partial charge in [-0.25, -0.2) is 9.97 Å². The molecule has 0 saturated carbocycles. The highest BCUT2D eigenvalue weighted by atomic mass is 15.3. The van der Waals surface area contributed by atoms with E-state index in [2.05, 4.69) is 55.0 Å². The molecule has 2 aromatic rings. The Hall–Kier alpha value is -1.98. The predicted molar refractivity (Wildman–Crippen MR) is 115 cm³/mol. The summed E-state index contributed by atoms with van der Waals surface area (Å²) in [6.07, 6.45) is 8.90. The molecule has 3 heterocycles. The summed E-state index contributed by atoms with van der Waals surface area (Å²) in [6, 6.07) is 12.9. The Labute approximate surface area is 169 Å². The number of likely N-dealkylation sites (tertiary alicyclic amines) is 1. The first kappa shape index (κ1) is 19.3. The molecule has 1 aromatic heterocycles. The second-order valence-electron chi connectivity index (χ2n) is 8.21. The van der Waals surface area contributed by atoms with E-state index in [1.165, 1.54) is 57.4 Å². The van der Waals surface area contributed by atoms with Gasteiger partial charge in [0.2, 0.25) is 5.95 Å². The van der Waals surface area contributed by atoms with E-state index in [1.54, 1.807) is 0 Å². The first-order chi connectivity index (χ1) is 13.9. The third-order valence-electron chi connectivity index (χ3n) is 6.23. The summed E-state index contributed by atoms with van der Waals surface area (Å²) in [6.45, 7) is 9.33. The molecule has 1 aromatic carbocycles. The van der Waals surface area contributed by atoms with E-state index < -0.39 is 0 Å². The molecule has 0 bridgehead atoms. The minimum atomic E-state index is 0.868. The van der Waals surface area contributed by atoms with Crippen LogP contribution in [-0.4, -0.2) is 72.1 Å². The Bertz CT molecular complexity index is 677. The number of hydrogen-bond acceptors (Lipinski definition) is 5. The molecular weight excluding hydrogens is 346 g/mol. The van der Waals surface area contributed by atoms with Gasteiger partial charge in [-0.3, -0.25) is 4.90 Å².